The van der Waals surface area contributed by atoms with Crippen LogP contribution in [0.2, 0.25) is 0 Å². The van der Waals surface area contributed by atoms with E-state index >= 15 is 0 Å². The molecule has 0 atom stereocenters. The average molecular weight is 292 g/mol. The van der Waals surface area contributed by atoms with Gasteiger partial charge in [0, 0.05) is 0 Å². The Morgan fingerprint density at radius 1 is 1.12 bits per heavy atom. The van der Waals surface area contributed by atoms with E-state index in [0.29, 0.717) is 12.0 Å². The van der Waals surface area contributed by atoms with Crippen molar-refractivity contribution in [2.75, 3.05) is 13.6 Å². The monoisotopic (exact) mass is 291 g/mol. The summed E-state index contributed by atoms with van der Waals surface area (Å²) in [6.45, 7) is 0.969. The highest BCUT2D eigenvalue weighted by atomic mass is 79.9. The van der Waals surface area contributed by atoms with Gasteiger partial charge >= 0.3 is 0 Å². The molecule has 0 aliphatic carbocycles. The zero-order valence-electron chi connectivity index (χ0n) is 9.32. The first-order valence-corrected chi connectivity index (χ1v) is 6.22. The van der Waals surface area contributed by atoms with Crippen molar-refractivity contribution in [2.24, 2.45) is 0 Å². The fourth-order valence-corrected chi connectivity index (χ4v) is 1.86. The molecule has 0 aliphatic heterocycles. The van der Waals surface area contributed by atoms with Crippen LogP contribution in [0.15, 0.2) is 16.6 Å². The molecule has 0 radical (unpaired) electrons. The summed E-state index contributed by atoms with van der Waals surface area (Å²) in [6, 6.07) is 2.47. The van der Waals surface area contributed by atoms with E-state index in [9.17, 15) is 8.78 Å². The predicted molar refractivity (Wildman–Crippen MR) is 65.5 cm³/mol. The van der Waals surface area contributed by atoms with Crippen LogP contribution in [0.3, 0.4) is 0 Å². The molecule has 0 bridgehead atoms. The molecule has 0 saturated carbocycles. The first-order chi connectivity index (χ1) is 7.65. The molecule has 0 fully saturated rings. The van der Waals surface area contributed by atoms with Gasteiger partial charge in [-0.25, -0.2) is 8.78 Å². The summed E-state index contributed by atoms with van der Waals surface area (Å²) in [5.74, 6) is -0.728. The Kier molecular flexibility index (Phi) is 5.91. The number of halogens is 3. The number of nitrogens with one attached hydrogen (secondary N) is 1. The number of benzene rings is 1. The first-order valence-electron chi connectivity index (χ1n) is 5.43. The van der Waals surface area contributed by atoms with Crippen LogP contribution in [0, 0.1) is 11.6 Å². The fourth-order valence-electron chi connectivity index (χ4n) is 1.55. The summed E-state index contributed by atoms with van der Waals surface area (Å²) in [4.78, 5) is 0. The van der Waals surface area contributed by atoms with Gasteiger partial charge in [-0.3, -0.25) is 0 Å². The predicted octanol–water partition coefficient (Wildman–Crippen LogP) is 3.66. The van der Waals surface area contributed by atoms with E-state index in [1.165, 1.54) is 12.1 Å². The summed E-state index contributed by atoms with van der Waals surface area (Å²) in [5, 5.41) is 3.05. The highest BCUT2D eigenvalue weighted by Gasteiger charge is 2.07. The lowest BCUT2D eigenvalue weighted by Gasteiger charge is -2.05. The number of hydrogen-bond donors (Lipinski definition) is 1. The van der Waals surface area contributed by atoms with Crippen molar-refractivity contribution in [3.05, 3.63) is 33.8 Å². The lowest BCUT2D eigenvalue weighted by Crippen LogP contribution is -2.07. The van der Waals surface area contributed by atoms with Crippen LogP contribution in [0.25, 0.3) is 0 Å². The number of unbranched alkanes of at least 4 members (excludes halogenated alkanes) is 2. The second-order valence-electron chi connectivity index (χ2n) is 3.77. The van der Waals surface area contributed by atoms with Gasteiger partial charge in [0.1, 0.15) is 11.6 Å². The van der Waals surface area contributed by atoms with Crippen LogP contribution in [0.4, 0.5) is 8.78 Å². The third-order valence-corrected chi connectivity index (χ3v) is 3.07. The van der Waals surface area contributed by atoms with Gasteiger partial charge in [-0.2, -0.15) is 0 Å². The van der Waals surface area contributed by atoms with E-state index in [1.807, 2.05) is 7.05 Å². The lowest BCUT2D eigenvalue weighted by atomic mass is 10.1. The SMILES string of the molecule is CNCCCCCc1cc(F)c(Br)cc1F. The zero-order valence-corrected chi connectivity index (χ0v) is 10.9. The fraction of sp³-hybridized carbons (Fsp3) is 0.500. The van der Waals surface area contributed by atoms with Gasteiger partial charge in [-0.05, 0) is 66.5 Å². The Bertz CT molecular complexity index is 342. The Morgan fingerprint density at radius 2 is 1.88 bits per heavy atom. The van der Waals surface area contributed by atoms with Gasteiger partial charge in [-0.15, -0.1) is 0 Å². The van der Waals surface area contributed by atoms with Crippen molar-refractivity contribution in [3.63, 3.8) is 0 Å². The topological polar surface area (TPSA) is 12.0 Å². The minimum atomic E-state index is -0.397. The molecule has 0 unspecified atom stereocenters. The molecule has 4 heteroatoms. The number of rotatable bonds is 6. The molecule has 90 valence electrons. The second kappa shape index (κ2) is 6.97. The molecule has 0 aliphatic rings. The second-order valence-corrected chi connectivity index (χ2v) is 4.63. The Balaban J connectivity index is 2.45. The molecular formula is C12H16BrF2N. The number of hydrogen-bond acceptors (Lipinski definition) is 1. The summed E-state index contributed by atoms with van der Waals surface area (Å²) in [7, 11) is 1.91. The van der Waals surface area contributed by atoms with Gasteiger partial charge < -0.3 is 5.32 Å². The van der Waals surface area contributed by atoms with Crippen molar-refractivity contribution in [1.82, 2.24) is 5.32 Å². The van der Waals surface area contributed by atoms with Crippen LogP contribution in [-0.4, -0.2) is 13.6 Å². The maximum absolute atomic E-state index is 13.4. The Hall–Kier alpha value is -0.480. The van der Waals surface area contributed by atoms with Crippen molar-refractivity contribution < 1.29 is 8.78 Å². The molecule has 1 rings (SSSR count). The van der Waals surface area contributed by atoms with Gasteiger partial charge in [0.2, 0.25) is 0 Å². The highest BCUT2D eigenvalue weighted by Crippen LogP contribution is 2.21. The molecule has 1 N–H and O–H groups in total. The summed E-state index contributed by atoms with van der Waals surface area (Å²) in [6.07, 6.45) is 3.58. The van der Waals surface area contributed by atoms with Crippen molar-refractivity contribution in [1.29, 1.82) is 0 Å². The minimum absolute atomic E-state index is 0.184. The molecule has 1 aromatic rings. The Morgan fingerprint density at radius 3 is 2.56 bits per heavy atom. The van der Waals surface area contributed by atoms with Crippen molar-refractivity contribution in [2.45, 2.75) is 25.7 Å². The summed E-state index contributed by atoms with van der Waals surface area (Å²) < 4.78 is 26.7. The van der Waals surface area contributed by atoms with E-state index in [2.05, 4.69) is 21.2 Å². The molecule has 0 heterocycles. The minimum Gasteiger partial charge on any atom is -0.320 e. The molecule has 0 spiro atoms. The molecule has 16 heavy (non-hydrogen) atoms. The van der Waals surface area contributed by atoms with Gasteiger partial charge in [0.05, 0.1) is 4.47 Å². The highest BCUT2D eigenvalue weighted by molar-refractivity contribution is 9.10. The van der Waals surface area contributed by atoms with E-state index in [1.54, 1.807) is 0 Å². The van der Waals surface area contributed by atoms with Gasteiger partial charge in [0.15, 0.2) is 0 Å². The lowest BCUT2D eigenvalue weighted by molar-refractivity contribution is 0.569. The first kappa shape index (κ1) is 13.6. The normalized spacial score (nSPS) is 10.8. The van der Waals surface area contributed by atoms with Crippen LogP contribution < -0.4 is 5.32 Å². The average Bonchev–Trinajstić information content (AvgIpc) is 2.25. The smallest absolute Gasteiger partial charge is 0.137 e. The van der Waals surface area contributed by atoms with Crippen LogP contribution in [0.5, 0.6) is 0 Å². The van der Waals surface area contributed by atoms with E-state index in [-0.39, 0.29) is 10.3 Å². The standard InChI is InChI=1S/C12H16BrF2N/c1-16-6-4-2-3-5-9-7-12(15)10(13)8-11(9)14/h7-8,16H,2-6H2,1H3. The van der Waals surface area contributed by atoms with E-state index in [4.69, 9.17) is 0 Å². The summed E-state index contributed by atoms with van der Waals surface area (Å²) >= 11 is 2.96. The third kappa shape index (κ3) is 4.18. The molecular weight excluding hydrogens is 276 g/mol. The van der Waals surface area contributed by atoms with Crippen molar-refractivity contribution in [3.8, 4) is 0 Å². The van der Waals surface area contributed by atoms with E-state index < -0.39 is 5.82 Å². The van der Waals surface area contributed by atoms with E-state index in [0.717, 1.165) is 25.8 Å². The zero-order chi connectivity index (χ0) is 12.0. The molecule has 0 aromatic heterocycles. The maximum Gasteiger partial charge on any atom is 0.137 e. The maximum atomic E-state index is 13.4. The van der Waals surface area contributed by atoms with Crippen LogP contribution >= 0.6 is 15.9 Å². The van der Waals surface area contributed by atoms with Gasteiger partial charge in [-0.1, -0.05) is 6.42 Å². The largest absolute Gasteiger partial charge is 0.320 e. The molecule has 0 saturated heterocycles. The van der Waals surface area contributed by atoms with Gasteiger partial charge in [0.25, 0.3) is 0 Å². The van der Waals surface area contributed by atoms with Crippen LogP contribution in [-0.2, 0) is 6.42 Å². The quantitative estimate of drug-likeness (QED) is 0.623. The molecule has 0 amide bonds. The van der Waals surface area contributed by atoms with Crippen molar-refractivity contribution >= 4 is 15.9 Å². The summed E-state index contributed by atoms with van der Waals surface area (Å²) in [5.41, 5.74) is 0.463. The van der Waals surface area contributed by atoms with Crippen LogP contribution in [0.1, 0.15) is 24.8 Å². The molecule has 1 nitrogen and oxygen atoms in total. The Labute approximate surface area is 103 Å². The molecule has 1 aromatic carbocycles. The number of aryl methyl sites for hydroxylation is 1. The third-order valence-electron chi connectivity index (χ3n) is 2.46.